The first kappa shape index (κ1) is 14.9. The highest BCUT2D eigenvalue weighted by Crippen LogP contribution is 1.94. The lowest BCUT2D eigenvalue weighted by Gasteiger charge is -2.14. The highest BCUT2D eigenvalue weighted by atomic mass is 16.5. The van der Waals surface area contributed by atoms with Crippen LogP contribution in [0.15, 0.2) is 0 Å². The van der Waals surface area contributed by atoms with Gasteiger partial charge in [0.05, 0.1) is 19.8 Å². The number of rotatable bonds is 11. The molecular formula is C12H27NO2. The van der Waals surface area contributed by atoms with Gasteiger partial charge in [0, 0.05) is 19.2 Å². The predicted octanol–water partition coefficient (Wildman–Crippen LogP) is 2.21. The minimum absolute atomic E-state index is 0.643. The third kappa shape index (κ3) is 10.2. The first-order chi connectivity index (χ1) is 7.35. The fraction of sp³-hybridized carbons (Fsp3) is 1.00. The zero-order valence-corrected chi connectivity index (χ0v) is 10.6. The molecule has 0 fully saturated rings. The molecule has 0 saturated heterocycles. The molecule has 0 spiro atoms. The topological polar surface area (TPSA) is 30.5 Å². The highest BCUT2D eigenvalue weighted by molar-refractivity contribution is 4.61. The van der Waals surface area contributed by atoms with Crippen molar-refractivity contribution in [3.63, 3.8) is 0 Å². The largest absolute Gasteiger partial charge is 0.379 e. The lowest BCUT2D eigenvalue weighted by atomic mass is 10.2. The second-order valence-corrected chi connectivity index (χ2v) is 3.69. The van der Waals surface area contributed by atoms with Crippen LogP contribution in [-0.4, -0.2) is 39.0 Å². The summed E-state index contributed by atoms with van der Waals surface area (Å²) in [7, 11) is 0. The van der Waals surface area contributed by atoms with Gasteiger partial charge in [0.15, 0.2) is 0 Å². The van der Waals surface area contributed by atoms with E-state index in [9.17, 15) is 0 Å². The van der Waals surface area contributed by atoms with Gasteiger partial charge < -0.3 is 14.8 Å². The van der Waals surface area contributed by atoms with Gasteiger partial charge >= 0.3 is 0 Å². The van der Waals surface area contributed by atoms with Crippen molar-refractivity contribution in [2.75, 3.05) is 33.0 Å². The molecule has 0 saturated carbocycles. The molecule has 0 aromatic rings. The lowest BCUT2D eigenvalue weighted by Crippen LogP contribution is -2.31. The van der Waals surface area contributed by atoms with Gasteiger partial charge in [-0.3, -0.25) is 0 Å². The van der Waals surface area contributed by atoms with Crippen LogP contribution in [0, 0.1) is 0 Å². The third-order valence-corrected chi connectivity index (χ3v) is 2.39. The van der Waals surface area contributed by atoms with E-state index >= 15 is 0 Å². The Morgan fingerprint density at radius 3 is 2.00 bits per heavy atom. The van der Waals surface area contributed by atoms with Crippen LogP contribution < -0.4 is 5.32 Å². The molecule has 0 aromatic carbocycles. The number of hydrogen-bond donors (Lipinski definition) is 1. The molecule has 0 heterocycles. The summed E-state index contributed by atoms with van der Waals surface area (Å²) < 4.78 is 10.7. The predicted molar refractivity (Wildman–Crippen MR) is 64.3 cm³/mol. The van der Waals surface area contributed by atoms with Crippen molar-refractivity contribution < 1.29 is 9.47 Å². The van der Waals surface area contributed by atoms with E-state index in [2.05, 4.69) is 26.1 Å². The minimum atomic E-state index is 0.643. The van der Waals surface area contributed by atoms with Gasteiger partial charge in [-0.15, -0.1) is 0 Å². The third-order valence-electron chi connectivity index (χ3n) is 2.39. The van der Waals surface area contributed by atoms with Crippen molar-refractivity contribution in [1.29, 1.82) is 0 Å². The Hall–Kier alpha value is -0.120. The van der Waals surface area contributed by atoms with Gasteiger partial charge in [0.2, 0.25) is 0 Å². The second kappa shape index (κ2) is 12.0. The molecule has 3 heteroatoms. The van der Waals surface area contributed by atoms with Gasteiger partial charge in [-0.25, -0.2) is 0 Å². The number of ether oxygens (including phenoxy) is 2. The van der Waals surface area contributed by atoms with E-state index < -0.39 is 0 Å². The van der Waals surface area contributed by atoms with Crippen molar-refractivity contribution in [2.24, 2.45) is 0 Å². The Bertz CT molecular complexity index is 116. The van der Waals surface area contributed by atoms with Gasteiger partial charge in [-0.2, -0.15) is 0 Å². The minimum Gasteiger partial charge on any atom is -0.379 e. The first-order valence-electron chi connectivity index (χ1n) is 6.23. The van der Waals surface area contributed by atoms with E-state index in [1.807, 2.05) is 0 Å². The average molecular weight is 217 g/mol. The summed E-state index contributed by atoms with van der Waals surface area (Å²) >= 11 is 0. The highest BCUT2D eigenvalue weighted by Gasteiger charge is 2.00. The molecule has 1 N–H and O–H groups in total. The molecule has 0 amide bonds. The summed E-state index contributed by atoms with van der Waals surface area (Å²) in [4.78, 5) is 0. The molecular weight excluding hydrogens is 190 g/mol. The van der Waals surface area contributed by atoms with Crippen molar-refractivity contribution in [2.45, 2.75) is 46.1 Å². The molecule has 0 radical (unpaired) electrons. The summed E-state index contributed by atoms with van der Waals surface area (Å²) in [5.74, 6) is 0. The maximum atomic E-state index is 5.43. The summed E-state index contributed by atoms with van der Waals surface area (Å²) in [6.07, 6.45) is 3.46. The normalized spacial score (nSPS) is 11.2. The van der Waals surface area contributed by atoms with Crippen LogP contribution in [0.4, 0.5) is 0 Å². The molecule has 0 unspecified atom stereocenters. The van der Waals surface area contributed by atoms with Crippen molar-refractivity contribution in [1.82, 2.24) is 5.32 Å². The number of nitrogens with one attached hydrogen (secondary N) is 1. The quantitative estimate of drug-likeness (QED) is 0.538. The molecule has 0 rings (SSSR count). The first-order valence-corrected chi connectivity index (χ1v) is 6.23. The van der Waals surface area contributed by atoms with Crippen LogP contribution >= 0.6 is 0 Å². The van der Waals surface area contributed by atoms with Gasteiger partial charge in [-0.05, 0) is 19.3 Å². The maximum Gasteiger partial charge on any atom is 0.0701 e. The van der Waals surface area contributed by atoms with Crippen molar-refractivity contribution in [3.05, 3.63) is 0 Å². The molecule has 0 aliphatic rings. The van der Waals surface area contributed by atoms with E-state index in [-0.39, 0.29) is 0 Å². The van der Waals surface area contributed by atoms with E-state index in [4.69, 9.17) is 9.47 Å². The molecule has 0 aromatic heterocycles. The van der Waals surface area contributed by atoms with Gasteiger partial charge in [0.25, 0.3) is 0 Å². The van der Waals surface area contributed by atoms with E-state index in [1.165, 1.54) is 12.8 Å². The monoisotopic (exact) mass is 217 g/mol. The Labute approximate surface area is 94.5 Å². The molecule has 15 heavy (non-hydrogen) atoms. The maximum absolute atomic E-state index is 5.43. The molecule has 0 bridgehead atoms. The second-order valence-electron chi connectivity index (χ2n) is 3.69. The van der Waals surface area contributed by atoms with E-state index in [0.29, 0.717) is 12.6 Å². The molecule has 0 aliphatic carbocycles. The van der Waals surface area contributed by atoms with Crippen LogP contribution in [0.3, 0.4) is 0 Å². The van der Waals surface area contributed by atoms with E-state index in [0.717, 1.165) is 32.8 Å². The van der Waals surface area contributed by atoms with Gasteiger partial charge in [-0.1, -0.05) is 20.8 Å². The number of hydrogen-bond acceptors (Lipinski definition) is 3. The lowest BCUT2D eigenvalue weighted by molar-refractivity contribution is 0.0484. The van der Waals surface area contributed by atoms with Gasteiger partial charge in [0.1, 0.15) is 0 Å². The fourth-order valence-electron chi connectivity index (χ4n) is 1.38. The fourth-order valence-corrected chi connectivity index (χ4v) is 1.38. The zero-order valence-electron chi connectivity index (χ0n) is 10.6. The Morgan fingerprint density at radius 2 is 1.47 bits per heavy atom. The summed E-state index contributed by atoms with van der Waals surface area (Å²) in [6.45, 7) is 10.5. The van der Waals surface area contributed by atoms with Crippen molar-refractivity contribution >= 4 is 0 Å². The molecule has 92 valence electrons. The van der Waals surface area contributed by atoms with Crippen LogP contribution in [0.2, 0.25) is 0 Å². The zero-order chi connectivity index (χ0) is 11.4. The van der Waals surface area contributed by atoms with Crippen LogP contribution in [0.5, 0.6) is 0 Å². The smallest absolute Gasteiger partial charge is 0.0701 e. The molecule has 0 aliphatic heterocycles. The Kier molecular flexibility index (Phi) is 11.9. The standard InChI is InChI=1S/C12H27NO2/c1-4-8-14-10-11-15-9-7-13-12(5-2)6-3/h12-13H,4-11H2,1-3H3. The SMILES string of the molecule is CCCOCCOCCNC(CC)CC. The summed E-state index contributed by atoms with van der Waals surface area (Å²) in [5, 5.41) is 3.46. The Balaban J connectivity index is 3.04. The van der Waals surface area contributed by atoms with Crippen LogP contribution in [0.1, 0.15) is 40.0 Å². The summed E-state index contributed by atoms with van der Waals surface area (Å²) in [6, 6.07) is 0.643. The van der Waals surface area contributed by atoms with Crippen LogP contribution in [0.25, 0.3) is 0 Å². The Morgan fingerprint density at radius 1 is 0.867 bits per heavy atom. The van der Waals surface area contributed by atoms with Crippen molar-refractivity contribution in [3.8, 4) is 0 Å². The summed E-state index contributed by atoms with van der Waals surface area (Å²) in [5.41, 5.74) is 0. The average Bonchev–Trinajstić information content (AvgIpc) is 2.27. The molecule has 0 atom stereocenters. The molecule has 3 nitrogen and oxygen atoms in total. The van der Waals surface area contributed by atoms with Crippen LogP contribution in [-0.2, 0) is 9.47 Å². The van der Waals surface area contributed by atoms with E-state index in [1.54, 1.807) is 0 Å².